The minimum Gasteiger partial charge on any atom is -0.394 e. The Balaban J connectivity index is 2.91. The van der Waals surface area contributed by atoms with E-state index in [1.807, 2.05) is 44.2 Å². The molecule has 0 bridgehead atoms. The van der Waals surface area contributed by atoms with Gasteiger partial charge >= 0.3 is 0 Å². The summed E-state index contributed by atoms with van der Waals surface area (Å²) in [6.45, 7) is 2.04. The Labute approximate surface area is 85.6 Å². The van der Waals surface area contributed by atoms with Crippen molar-refractivity contribution in [3.8, 4) is 0 Å². The van der Waals surface area contributed by atoms with Crippen LogP contribution in [0.1, 0.15) is 12.5 Å². The lowest BCUT2D eigenvalue weighted by Gasteiger charge is -1.99. The number of hydrogen-bond acceptors (Lipinski definition) is 1. The van der Waals surface area contributed by atoms with Crippen LogP contribution >= 0.6 is 0 Å². The standard InChI is InChI=1S/C12H17N2/c1-4-11(5-8-13-2)12-6-9-14(3)10-7-12/h4-10,13H,1-3H3/q+1/b8-5-,11-4+. The summed E-state index contributed by atoms with van der Waals surface area (Å²) in [5.41, 5.74) is 2.46. The molecule has 0 aliphatic carbocycles. The monoisotopic (exact) mass is 189 g/mol. The van der Waals surface area contributed by atoms with E-state index in [1.165, 1.54) is 11.1 Å². The van der Waals surface area contributed by atoms with E-state index in [-0.39, 0.29) is 0 Å². The third-order valence-electron chi connectivity index (χ3n) is 2.05. The highest BCUT2D eigenvalue weighted by molar-refractivity contribution is 5.73. The van der Waals surface area contributed by atoms with Crippen LogP contribution in [0.5, 0.6) is 0 Å². The van der Waals surface area contributed by atoms with E-state index >= 15 is 0 Å². The molecule has 0 atom stereocenters. The Morgan fingerprint density at radius 3 is 2.50 bits per heavy atom. The molecular weight excluding hydrogens is 172 g/mol. The predicted molar refractivity (Wildman–Crippen MR) is 59.5 cm³/mol. The molecule has 0 saturated heterocycles. The predicted octanol–water partition coefficient (Wildman–Crippen LogP) is 1.65. The second-order valence-electron chi connectivity index (χ2n) is 3.12. The van der Waals surface area contributed by atoms with E-state index in [0.29, 0.717) is 0 Å². The number of rotatable bonds is 3. The molecule has 1 N–H and O–H groups in total. The molecule has 1 aromatic heterocycles. The van der Waals surface area contributed by atoms with Crippen LogP contribution in [0.3, 0.4) is 0 Å². The Kier molecular flexibility index (Phi) is 3.92. The number of allylic oxidation sites excluding steroid dienone is 3. The van der Waals surface area contributed by atoms with Gasteiger partial charge in [-0.05, 0) is 30.3 Å². The number of nitrogens with one attached hydrogen (secondary N) is 1. The summed E-state index contributed by atoms with van der Waals surface area (Å²) in [6.07, 6.45) is 10.2. The quantitative estimate of drug-likeness (QED) is 0.564. The zero-order chi connectivity index (χ0) is 10.4. The molecule has 1 rings (SSSR count). The fourth-order valence-electron chi connectivity index (χ4n) is 1.23. The maximum atomic E-state index is 2.99. The Bertz CT molecular complexity index is 334. The fraction of sp³-hybridized carbons (Fsp3) is 0.250. The number of aryl methyl sites for hydroxylation is 1. The molecule has 0 fully saturated rings. The van der Waals surface area contributed by atoms with Gasteiger partial charge in [0, 0.05) is 19.2 Å². The maximum absolute atomic E-state index is 2.99. The van der Waals surface area contributed by atoms with Crippen molar-refractivity contribution in [3.63, 3.8) is 0 Å². The molecule has 1 aromatic rings. The van der Waals surface area contributed by atoms with Crippen molar-refractivity contribution in [1.82, 2.24) is 5.32 Å². The van der Waals surface area contributed by atoms with Crippen LogP contribution in [0.15, 0.2) is 42.9 Å². The smallest absolute Gasteiger partial charge is 0.169 e. The third-order valence-corrected chi connectivity index (χ3v) is 2.05. The molecule has 0 spiro atoms. The highest BCUT2D eigenvalue weighted by Crippen LogP contribution is 2.13. The van der Waals surface area contributed by atoms with Gasteiger partial charge in [-0.1, -0.05) is 6.08 Å². The van der Waals surface area contributed by atoms with Crippen LogP contribution in [-0.2, 0) is 7.05 Å². The second kappa shape index (κ2) is 5.22. The van der Waals surface area contributed by atoms with Gasteiger partial charge in [-0.2, -0.15) is 0 Å². The molecule has 0 aromatic carbocycles. The minimum atomic E-state index is 1.22. The van der Waals surface area contributed by atoms with Crippen LogP contribution in [0.25, 0.3) is 5.57 Å². The molecule has 2 nitrogen and oxygen atoms in total. The van der Waals surface area contributed by atoms with Crippen molar-refractivity contribution in [2.75, 3.05) is 7.05 Å². The SMILES string of the molecule is C/C=C(\C=C/NC)c1cc[n+](C)cc1. The van der Waals surface area contributed by atoms with Crippen LogP contribution in [0, 0.1) is 0 Å². The first kappa shape index (κ1) is 10.5. The van der Waals surface area contributed by atoms with Crippen molar-refractivity contribution in [3.05, 3.63) is 48.4 Å². The van der Waals surface area contributed by atoms with Gasteiger partial charge in [0.2, 0.25) is 0 Å². The molecule has 0 aliphatic rings. The summed E-state index contributed by atoms with van der Waals surface area (Å²) in [5, 5.41) is 2.99. The normalized spacial score (nSPS) is 12.1. The zero-order valence-electron chi connectivity index (χ0n) is 8.99. The van der Waals surface area contributed by atoms with E-state index < -0.39 is 0 Å². The molecule has 0 amide bonds. The molecule has 0 aliphatic heterocycles. The van der Waals surface area contributed by atoms with E-state index in [2.05, 4.69) is 29.6 Å². The minimum absolute atomic E-state index is 1.22. The highest BCUT2D eigenvalue weighted by atomic mass is 14.9. The van der Waals surface area contributed by atoms with Crippen molar-refractivity contribution >= 4 is 5.57 Å². The van der Waals surface area contributed by atoms with Gasteiger partial charge in [0.25, 0.3) is 0 Å². The Hall–Kier alpha value is -1.57. The largest absolute Gasteiger partial charge is 0.394 e. The van der Waals surface area contributed by atoms with E-state index in [4.69, 9.17) is 0 Å². The van der Waals surface area contributed by atoms with Crippen molar-refractivity contribution in [2.45, 2.75) is 6.92 Å². The Morgan fingerprint density at radius 2 is 2.00 bits per heavy atom. The second-order valence-corrected chi connectivity index (χ2v) is 3.12. The summed E-state index contributed by atoms with van der Waals surface area (Å²) < 4.78 is 2.03. The first-order valence-electron chi connectivity index (χ1n) is 4.73. The molecule has 2 heteroatoms. The van der Waals surface area contributed by atoms with Crippen LogP contribution < -0.4 is 9.88 Å². The fourth-order valence-corrected chi connectivity index (χ4v) is 1.23. The average molecular weight is 189 g/mol. The summed E-state index contributed by atoms with van der Waals surface area (Å²) in [4.78, 5) is 0. The van der Waals surface area contributed by atoms with Crippen LogP contribution in [-0.4, -0.2) is 7.05 Å². The van der Waals surface area contributed by atoms with E-state index in [9.17, 15) is 0 Å². The average Bonchev–Trinajstić information content (AvgIpc) is 2.21. The topological polar surface area (TPSA) is 15.9 Å². The molecule has 1 heterocycles. The van der Waals surface area contributed by atoms with Crippen LogP contribution in [0.2, 0.25) is 0 Å². The summed E-state index contributed by atoms with van der Waals surface area (Å²) in [6, 6.07) is 4.21. The lowest BCUT2D eigenvalue weighted by atomic mass is 10.1. The van der Waals surface area contributed by atoms with Gasteiger partial charge in [-0.25, -0.2) is 4.57 Å². The van der Waals surface area contributed by atoms with Crippen molar-refractivity contribution in [2.24, 2.45) is 7.05 Å². The number of nitrogens with zero attached hydrogens (tertiary/aromatic N) is 1. The first-order valence-corrected chi connectivity index (χ1v) is 4.73. The lowest BCUT2D eigenvalue weighted by Crippen LogP contribution is -2.25. The van der Waals surface area contributed by atoms with Gasteiger partial charge in [-0.3, -0.25) is 0 Å². The van der Waals surface area contributed by atoms with Crippen molar-refractivity contribution < 1.29 is 4.57 Å². The maximum Gasteiger partial charge on any atom is 0.169 e. The summed E-state index contributed by atoms with van der Waals surface area (Å²) >= 11 is 0. The molecule has 74 valence electrons. The summed E-state index contributed by atoms with van der Waals surface area (Å²) in [7, 11) is 3.91. The van der Waals surface area contributed by atoms with Gasteiger partial charge in [0.05, 0.1) is 0 Å². The molecule has 0 radical (unpaired) electrons. The van der Waals surface area contributed by atoms with Gasteiger partial charge in [0.1, 0.15) is 7.05 Å². The Morgan fingerprint density at radius 1 is 1.36 bits per heavy atom. The number of pyridine rings is 1. The van der Waals surface area contributed by atoms with E-state index in [1.54, 1.807) is 0 Å². The third kappa shape index (κ3) is 2.73. The number of aromatic nitrogens is 1. The number of hydrogen-bond donors (Lipinski definition) is 1. The van der Waals surface area contributed by atoms with E-state index in [0.717, 1.165) is 0 Å². The molecule has 0 unspecified atom stereocenters. The van der Waals surface area contributed by atoms with Crippen LogP contribution in [0.4, 0.5) is 0 Å². The zero-order valence-corrected chi connectivity index (χ0v) is 8.99. The van der Waals surface area contributed by atoms with Gasteiger partial charge in [-0.15, -0.1) is 0 Å². The molecule has 0 saturated carbocycles. The molecule has 14 heavy (non-hydrogen) atoms. The lowest BCUT2D eigenvalue weighted by molar-refractivity contribution is -0.671. The van der Waals surface area contributed by atoms with Gasteiger partial charge < -0.3 is 5.32 Å². The van der Waals surface area contributed by atoms with Crippen molar-refractivity contribution in [1.29, 1.82) is 0 Å². The molecular formula is C12H17N2+. The summed E-state index contributed by atoms with van der Waals surface area (Å²) in [5.74, 6) is 0. The first-order chi connectivity index (χ1) is 6.77. The highest BCUT2D eigenvalue weighted by Gasteiger charge is 1.98. The van der Waals surface area contributed by atoms with Gasteiger partial charge in [0.15, 0.2) is 12.4 Å².